The molecule has 1 aliphatic rings. The second kappa shape index (κ2) is 5.46. The van der Waals surface area contributed by atoms with E-state index in [2.05, 4.69) is 5.32 Å². The summed E-state index contributed by atoms with van der Waals surface area (Å²) >= 11 is 1.61. The van der Waals surface area contributed by atoms with Gasteiger partial charge in [-0.05, 0) is 35.2 Å². The van der Waals surface area contributed by atoms with Gasteiger partial charge in [0.2, 0.25) is 5.91 Å². The van der Waals surface area contributed by atoms with Crippen molar-refractivity contribution in [3.63, 3.8) is 0 Å². The molecule has 1 fully saturated rings. The van der Waals surface area contributed by atoms with Gasteiger partial charge in [-0.15, -0.1) is 0 Å². The Hall–Kier alpha value is -0.870. The van der Waals surface area contributed by atoms with Crippen LogP contribution in [0.5, 0.6) is 0 Å². The van der Waals surface area contributed by atoms with Crippen molar-refractivity contribution < 1.29 is 9.90 Å². The summed E-state index contributed by atoms with van der Waals surface area (Å²) in [5.41, 5.74) is 1.07. The van der Waals surface area contributed by atoms with Crippen LogP contribution in [0.3, 0.4) is 0 Å². The third-order valence-electron chi connectivity index (χ3n) is 3.18. The van der Waals surface area contributed by atoms with Gasteiger partial charge in [0.1, 0.15) is 0 Å². The van der Waals surface area contributed by atoms with Crippen LogP contribution in [0, 0.1) is 5.92 Å². The molecule has 0 spiro atoms. The number of amides is 1. The lowest BCUT2D eigenvalue weighted by Gasteiger charge is -2.18. The number of rotatable bonds is 4. The molecule has 0 bridgehead atoms. The molecular formula is C12H17NO2S. The highest BCUT2D eigenvalue weighted by molar-refractivity contribution is 7.07. The summed E-state index contributed by atoms with van der Waals surface area (Å²) in [4.78, 5) is 11.7. The predicted octanol–water partition coefficient (Wildman–Crippen LogP) is 1.57. The van der Waals surface area contributed by atoms with E-state index in [9.17, 15) is 4.79 Å². The highest BCUT2D eigenvalue weighted by Crippen LogP contribution is 2.25. The zero-order chi connectivity index (χ0) is 11.4. The lowest BCUT2D eigenvalue weighted by Crippen LogP contribution is -2.39. The lowest BCUT2D eigenvalue weighted by molar-refractivity contribution is -0.121. The quantitative estimate of drug-likeness (QED) is 0.838. The number of thiophene rings is 1. The first kappa shape index (κ1) is 11.6. The van der Waals surface area contributed by atoms with E-state index in [1.807, 2.05) is 16.8 Å². The zero-order valence-electron chi connectivity index (χ0n) is 9.19. The van der Waals surface area contributed by atoms with Gasteiger partial charge in [-0.25, -0.2) is 0 Å². The number of carbonyl (C=O) groups is 1. The minimum Gasteiger partial charge on any atom is -0.396 e. The van der Waals surface area contributed by atoms with Crippen molar-refractivity contribution in [2.75, 3.05) is 6.61 Å². The summed E-state index contributed by atoms with van der Waals surface area (Å²) in [5, 5.41) is 16.2. The molecule has 1 aliphatic carbocycles. The molecule has 0 saturated heterocycles. The summed E-state index contributed by atoms with van der Waals surface area (Å²) in [7, 11) is 0. The molecular weight excluding hydrogens is 222 g/mol. The largest absolute Gasteiger partial charge is 0.396 e. The van der Waals surface area contributed by atoms with E-state index in [0.29, 0.717) is 6.42 Å². The summed E-state index contributed by atoms with van der Waals surface area (Å²) in [6.07, 6.45) is 3.59. The number of hydrogen-bond acceptors (Lipinski definition) is 3. The van der Waals surface area contributed by atoms with Crippen LogP contribution in [0.1, 0.15) is 24.8 Å². The second-order valence-corrected chi connectivity index (χ2v) is 5.14. The number of aliphatic hydroxyl groups is 1. The standard InChI is InChI=1S/C12H17NO2S/c14-7-10-2-1-3-11(10)13-12(15)6-9-4-5-16-8-9/h4-5,8,10-11,14H,1-3,6-7H2,(H,13,15). The zero-order valence-corrected chi connectivity index (χ0v) is 10.0. The molecule has 2 unspecified atom stereocenters. The lowest BCUT2D eigenvalue weighted by atomic mass is 10.0. The summed E-state index contributed by atoms with van der Waals surface area (Å²) in [6, 6.07) is 2.15. The van der Waals surface area contributed by atoms with E-state index in [1.165, 1.54) is 0 Å². The summed E-state index contributed by atoms with van der Waals surface area (Å²) < 4.78 is 0. The first-order chi connectivity index (χ1) is 7.79. The molecule has 88 valence electrons. The second-order valence-electron chi connectivity index (χ2n) is 4.36. The first-order valence-electron chi connectivity index (χ1n) is 5.71. The van der Waals surface area contributed by atoms with Crippen LogP contribution in [-0.4, -0.2) is 23.7 Å². The first-order valence-corrected chi connectivity index (χ1v) is 6.65. The Bertz CT molecular complexity index is 337. The van der Waals surface area contributed by atoms with Crippen LogP contribution in [0.15, 0.2) is 16.8 Å². The Balaban J connectivity index is 1.83. The van der Waals surface area contributed by atoms with Crippen LogP contribution in [0.4, 0.5) is 0 Å². The molecule has 3 nitrogen and oxygen atoms in total. The number of carbonyl (C=O) groups excluding carboxylic acids is 1. The Kier molecular flexibility index (Phi) is 3.96. The highest BCUT2D eigenvalue weighted by Gasteiger charge is 2.27. The number of hydrogen-bond donors (Lipinski definition) is 2. The van der Waals surface area contributed by atoms with Crippen molar-refractivity contribution in [3.05, 3.63) is 22.4 Å². The van der Waals surface area contributed by atoms with Crippen molar-refractivity contribution in [1.82, 2.24) is 5.32 Å². The van der Waals surface area contributed by atoms with Crippen LogP contribution in [0.25, 0.3) is 0 Å². The van der Waals surface area contributed by atoms with Gasteiger partial charge in [0, 0.05) is 18.6 Å². The molecule has 1 amide bonds. The SMILES string of the molecule is O=C(Cc1ccsc1)NC1CCCC1CO. The van der Waals surface area contributed by atoms with E-state index in [4.69, 9.17) is 5.11 Å². The van der Waals surface area contributed by atoms with Gasteiger partial charge in [-0.3, -0.25) is 4.79 Å². The number of nitrogens with one attached hydrogen (secondary N) is 1. The smallest absolute Gasteiger partial charge is 0.224 e. The third-order valence-corrected chi connectivity index (χ3v) is 3.92. The number of aliphatic hydroxyl groups excluding tert-OH is 1. The fourth-order valence-corrected chi connectivity index (χ4v) is 2.95. The minimum atomic E-state index is 0.0729. The van der Waals surface area contributed by atoms with E-state index >= 15 is 0 Å². The third kappa shape index (κ3) is 2.83. The average Bonchev–Trinajstić information content (AvgIpc) is 2.88. The minimum absolute atomic E-state index is 0.0729. The average molecular weight is 239 g/mol. The fourth-order valence-electron chi connectivity index (χ4n) is 2.28. The van der Waals surface area contributed by atoms with Gasteiger partial charge < -0.3 is 10.4 Å². The maximum absolute atomic E-state index is 11.7. The highest BCUT2D eigenvalue weighted by atomic mass is 32.1. The summed E-state index contributed by atoms with van der Waals surface area (Å²) in [6.45, 7) is 0.184. The normalized spacial score (nSPS) is 24.6. The Morgan fingerprint density at radius 3 is 3.12 bits per heavy atom. The van der Waals surface area contributed by atoms with Crippen molar-refractivity contribution in [1.29, 1.82) is 0 Å². The monoisotopic (exact) mass is 239 g/mol. The fraction of sp³-hybridized carbons (Fsp3) is 0.583. The topological polar surface area (TPSA) is 49.3 Å². The molecule has 1 aromatic rings. The van der Waals surface area contributed by atoms with Crippen LogP contribution < -0.4 is 5.32 Å². The predicted molar refractivity (Wildman–Crippen MR) is 64.4 cm³/mol. The molecule has 2 rings (SSSR count). The van der Waals surface area contributed by atoms with Crippen molar-refractivity contribution >= 4 is 17.2 Å². The van der Waals surface area contributed by atoms with Gasteiger partial charge in [0.25, 0.3) is 0 Å². The molecule has 1 heterocycles. The molecule has 0 aromatic carbocycles. The molecule has 16 heavy (non-hydrogen) atoms. The Labute approximate surface area is 99.5 Å². The van der Waals surface area contributed by atoms with E-state index in [0.717, 1.165) is 24.8 Å². The van der Waals surface area contributed by atoms with Gasteiger partial charge in [-0.2, -0.15) is 11.3 Å². The van der Waals surface area contributed by atoms with E-state index in [1.54, 1.807) is 11.3 Å². The summed E-state index contributed by atoms with van der Waals surface area (Å²) in [5.74, 6) is 0.329. The molecule has 4 heteroatoms. The van der Waals surface area contributed by atoms with Gasteiger partial charge in [-0.1, -0.05) is 6.42 Å². The van der Waals surface area contributed by atoms with E-state index in [-0.39, 0.29) is 24.5 Å². The van der Waals surface area contributed by atoms with Gasteiger partial charge >= 0.3 is 0 Å². The maximum atomic E-state index is 11.7. The van der Waals surface area contributed by atoms with Crippen molar-refractivity contribution in [2.24, 2.45) is 5.92 Å². The Morgan fingerprint density at radius 1 is 1.56 bits per heavy atom. The van der Waals surface area contributed by atoms with Crippen LogP contribution >= 0.6 is 11.3 Å². The molecule has 0 aliphatic heterocycles. The Morgan fingerprint density at radius 2 is 2.44 bits per heavy atom. The molecule has 2 atom stereocenters. The maximum Gasteiger partial charge on any atom is 0.224 e. The van der Waals surface area contributed by atoms with Crippen LogP contribution in [-0.2, 0) is 11.2 Å². The van der Waals surface area contributed by atoms with Gasteiger partial charge in [0.15, 0.2) is 0 Å². The van der Waals surface area contributed by atoms with Gasteiger partial charge in [0.05, 0.1) is 6.42 Å². The molecule has 1 aromatic heterocycles. The van der Waals surface area contributed by atoms with Crippen molar-refractivity contribution in [3.8, 4) is 0 Å². The van der Waals surface area contributed by atoms with Crippen LogP contribution in [0.2, 0.25) is 0 Å². The van der Waals surface area contributed by atoms with E-state index < -0.39 is 0 Å². The van der Waals surface area contributed by atoms with Crippen molar-refractivity contribution in [2.45, 2.75) is 31.7 Å². The molecule has 2 N–H and O–H groups in total. The molecule has 1 saturated carbocycles. The molecule has 0 radical (unpaired) electrons.